The Morgan fingerprint density at radius 2 is 1.74 bits per heavy atom. The first kappa shape index (κ1) is 20.4. The molecule has 1 fully saturated rings. The van der Waals surface area contributed by atoms with E-state index in [4.69, 9.17) is 29.3 Å². The zero-order chi connectivity index (χ0) is 19.5. The minimum absolute atomic E-state index is 0.383. The first-order valence-electron chi connectivity index (χ1n) is 8.65. The number of para-hydroxylation sites is 1. The largest absolute Gasteiger partial charge is 0.473 e. The van der Waals surface area contributed by atoms with Gasteiger partial charge in [0.2, 0.25) is 0 Å². The van der Waals surface area contributed by atoms with E-state index in [1.807, 2.05) is 42.5 Å². The van der Waals surface area contributed by atoms with Gasteiger partial charge in [0.1, 0.15) is 11.5 Å². The fraction of sp³-hybridized carbons (Fsp3) is 0.300. The van der Waals surface area contributed by atoms with E-state index in [1.165, 1.54) is 18.4 Å². The Bertz CT molecular complexity index is 716. The van der Waals surface area contributed by atoms with E-state index in [-0.39, 0.29) is 0 Å². The lowest BCUT2D eigenvalue weighted by Gasteiger charge is -2.11. The second-order valence-corrected chi connectivity index (χ2v) is 5.94. The molecule has 1 heterocycles. The maximum absolute atomic E-state index is 9.10. The molecule has 7 nitrogen and oxygen atoms in total. The van der Waals surface area contributed by atoms with E-state index >= 15 is 0 Å². The van der Waals surface area contributed by atoms with Crippen LogP contribution in [0.15, 0.2) is 54.6 Å². The molecule has 3 rings (SSSR count). The van der Waals surface area contributed by atoms with Crippen molar-refractivity contribution in [3.05, 3.63) is 60.2 Å². The van der Waals surface area contributed by atoms with E-state index < -0.39 is 11.9 Å². The van der Waals surface area contributed by atoms with Crippen LogP contribution in [0.3, 0.4) is 0 Å². The summed E-state index contributed by atoms with van der Waals surface area (Å²) in [6, 6.07) is 18.1. The van der Waals surface area contributed by atoms with E-state index in [1.54, 1.807) is 0 Å². The van der Waals surface area contributed by atoms with Gasteiger partial charge in [-0.3, -0.25) is 0 Å². The molecule has 27 heavy (non-hydrogen) atoms. The van der Waals surface area contributed by atoms with Crippen molar-refractivity contribution in [2.24, 2.45) is 0 Å². The predicted octanol–water partition coefficient (Wildman–Crippen LogP) is 2.90. The van der Waals surface area contributed by atoms with E-state index in [9.17, 15) is 0 Å². The molecule has 0 aliphatic carbocycles. The summed E-state index contributed by atoms with van der Waals surface area (Å²) in [5.41, 5.74) is 1.22. The molecule has 0 bridgehead atoms. The zero-order valence-electron chi connectivity index (χ0n) is 14.8. The van der Waals surface area contributed by atoms with Gasteiger partial charge in [0.05, 0.1) is 6.10 Å². The van der Waals surface area contributed by atoms with Crippen molar-refractivity contribution in [3.8, 4) is 11.5 Å². The molecule has 0 amide bonds. The highest BCUT2D eigenvalue weighted by molar-refractivity contribution is 6.27. The smallest absolute Gasteiger partial charge is 0.414 e. The van der Waals surface area contributed by atoms with Gasteiger partial charge in [-0.1, -0.05) is 30.3 Å². The monoisotopic (exact) mass is 373 g/mol. The number of hydrogen-bond acceptors (Lipinski definition) is 5. The lowest BCUT2D eigenvalue weighted by atomic mass is 10.2. The molecule has 0 spiro atoms. The maximum Gasteiger partial charge on any atom is 0.414 e. The summed E-state index contributed by atoms with van der Waals surface area (Å²) in [6.45, 7) is 2.67. The van der Waals surface area contributed by atoms with Crippen molar-refractivity contribution in [3.63, 3.8) is 0 Å². The van der Waals surface area contributed by atoms with Crippen LogP contribution in [0.2, 0.25) is 0 Å². The molecule has 3 N–H and O–H groups in total. The van der Waals surface area contributed by atoms with Crippen LogP contribution >= 0.6 is 0 Å². The van der Waals surface area contributed by atoms with Crippen LogP contribution in [0.5, 0.6) is 11.5 Å². The molecule has 2 aromatic rings. The van der Waals surface area contributed by atoms with Gasteiger partial charge in [-0.25, -0.2) is 9.59 Å². The van der Waals surface area contributed by atoms with Crippen LogP contribution in [-0.2, 0) is 20.9 Å². The van der Waals surface area contributed by atoms with Crippen LogP contribution in [-0.4, -0.2) is 41.4 Å². The molecule has 1 saturated heterocycles. The average molecular weight is 373 g/mol. The van der Waals surface area contributed by atoms with Crippen molar-refractivity contribution in [2.45, 2.75) is 25.5 Å². The highest BCUT2D eigenvalue weighted by Gasteiger charge is 2.14. The molecule has 1 atom stereocenters. The topological polar surface area (TPSA) is 105 Å². The molecule has 1 aliphatic rings. The van der Waals surface area contributed by atoms with Crippen LogP contribution in [0.25, 0.3) is 0 Å². The van der Waals surface area contributed by atoms with Gasteiger partial charge in [0, 0.05) is 19.7 Å². The molecule has 0 radical (unpaired) electrons. The number of rotatable bonds is 6. The molecule has 0 saturated carbocycles. The van der Waals surface area contributed by atoms with Gasteiger partial charge in [-0.15, -0.1) is 0 Å². The van der Waals surface area contributed by atoms with Crippen molar-refractivity contribution < 1.29 is 29.3 Å². The maximum atomic E-state index is 9.10. The molecule has 1 unspecified atom stereocenters. The Morgan fingerprint density at radius 1 is 1.04 bits per heavy atom. The number of carboxylic acids is 2. The summed E-state index contributed by atoms with van der Waals surface area (Å²) in [5, 5.41) is 18.2. The van der Waals surface area contributed by atoms with E-state index in [0.29, 0.717) is 6.10 Å². The summed E-state index contributed by atoms with van der Waals surface area (Å²) in [5.74, 6) is -1.91. The highest BCUT2D eigenvalue weighted by atomic mass is 16.5. The van der Waals surface area contributed by atoms with Crippen molar-refractivity contribution in [1.82, 2.24) is 5.32 Å². The summed E-state index contributed by atoms with van der Waals surface area (Å²) < 4.78 is 11.5. The van der Waals surface area contributed by atoms with Crippen LogP contribution < -0.4 is 10.1 Å². The second kappa shape index (κ2) is 10.9. The Morgan fingerprint density at radius 3 is 2.37 bits per heavy atom. The number of nitrogens with one attached hydrogen (secondary N) is 1. The van der Waals surface area contributed by atoms with Gasteiger partial charge in [0.15, 0.2) is 0 Å². The standard InChI is InChI=1S/C18H21NO2.C2H2O4/c1-2-7-16(8-3-1)21-17-9-4-6-15(12-17)13-19-14-18-10-5-11-20-18;3-1(4)2(5)6/h1-4,6-9,12,18-19H,5,10-11,13-14H2;(H,3,4)(H,5,6). The number of aliphatic carboxylic acids is 2. The minimum atomic E-state index is -1.82. The summed E-state index contributed by atoms with van der Waals surface area (Å²) in [4.78, 5) is 18.2. The molecule has 0 aromatic heterocycles. The Hall–Kier alpha value is -2.90. The van der Waals surface area contributed by atoms with Gasteiger partial charge in [0.25, 0.3) is 0 Å². The third-order valence-electron chi connectivity index (χ3n) is 3.79. The Labute approximate surface area is 157 Å². The fourth-order valence-corrected chi connectivity index (χ4v) is 2.53. The summed E-state index contributed by atoms with van der Waals surface area (Å²) in [7, 11) is 0. The Balaban J connectivity index is 0.000000380. The van der Waals surface area contributed by atoms with Gasteiger partial charge < -0.3 is 25.0 Å². The number of carbonyl (C=O) groups is 2. The molecule has 2 aromatic carbocycles. The highest BCUT2D eigenvalue weighted by Crippen LogP contribution is 2.21. The number of carboxylic acid groups (broad SMARTS) is 2. The predicted molar refractivity (Wildman–Crippen MR) is 98.9 cm³/mol. The van der Waals surface area contributed by atoms with Crippen molar-refractivity contribution in [1.29, 1.82) is 0 Å². The first-order chi connectivity index (χ1) is 13.0. The average Bonchev–Trinajstić information content (AvgIpc) is 3.17. The second-order valence-electron chi connectivity index (χ2n) is 5.94. The Kier molecular flexibility index (Phi) is 8.28. The van der Waals surface area contributed by atoms with Crippen LogP contribution in [0.4, 0.5) is 0 Å². The number of ether oxygens (including phenoxy) is 2. The quantitative estimate of drug-likeness (QED) is 0.669. The minimum Gasteiger partial charge on any atom is -0.473 e. The normalized spacial score (nSPS) is 15.5. The zero-order valence-corrected chi connectivity index (χ0v) is 14.8. The fourth-order valence-electron chi connectivity index (χ4n) is 2.53. The summed E-state index contributed by atoms with van der Waals surface area (Å²) in [6.07, 6.45) is 2.74. The number of benzene rings is 2. The summed E-state index contributed by atoms with van der Waals surface area (Å²) >= 11 is 0. The lowest BCUT2D eigenvalue weighted by molar-refractivity contribution is -0.159. The SMILES string of the molecule is O=C(O)C(=O)O.c1ccc(Oc2cccc(CNCC3CCCO3)c2)cc1. The third-order valence-corrected chi connectivity index (χ3v) is 3.79. The first-order valence-corrected chi connectivity index (χ1v) is 8.65. The van der Waals surface area contributed by atoms with Gasteiger partial charge >= 0.3 is 11.9 Å². The number of hydrogen-bond donors (Lipinski definition) is 3. The van der Waals surface area contributed by atoms with Gasteiger partial charge in [-0.05, 0) is 42.7 Å². The molecular weight excluding hydrogens is 350 g/mol. The molecule has 7 heteroatoms. The van der Waals surface area contributed by atoms with Crippen molar-refractivity contribution >= 4 is 11.9 Å². The van der Waals surface area contributed by atoms with E-state index in [0.717, 1.165) is 31.2 Å². The molecule has 1 aliphatic heterocycles. The van der Waals surface area contributed by atoms with Crippen LogP contribution in [0.1, 0.15) is 18.4 Å². The lowest BCUT2D eigenvalue weighted by Crippen LogP contribution is -2.25. The van der Waals surface area contributed by atoms with Crippen molar-refractivity contribution in [2.75, 3.05) is 13.2 Å². The third kappa shape index (κ3) is 7.89. The molecular formula is C20H23NO6. The molecule has 144 valence electrons. The van der Waals surface area contributed by atoms with Gasteiger partial charge in [-0.2, -0.15) is 0 Å². The van der Waals surface area contributed by atoms with E-state index in [2.05, 4.69) is 17.4 Å². The van der Waals surface area contributed by atoms with Crippen LogP contribution in [0, 0.1) is 0 Å².